The molecule has 2 heterocycles. The Labute approximate surface area is 201 Å². The van der Waals surface area contributed by atoms with Crippen LogP contribution < -0.4 is 5.32 Å². The molecule has 0 fully saturated rings. The van der Waals surface area contributed by atoms with Gasteiger partial charge in [-0.3, -0.25) is 9.59 Å². The monoisotopic (exact) mass is 501 g/mol. The first-order chi connectivity index (χ1) is 16.0. The van der Waals surface area contributed by atoms with Crippen molar-refractivity contribution < 1.29 is 9.59 Å². The smallest absolute Gasteiger partial charge is 0.271 e. The van der Waals surface area contributed by atoms with Gasteiger partial charge in [-0.2, -0.15) is 0 Å². The van der Waals surface area contributed by atoms with Gasteiger partial charge in [0.05, 0.1) is 6.54 Å². The molecule has 1 aliphatic heterocycles. The Bertz CT molecular complexity index is 1350. The van der Waals surface area contributed by atoms with Crippen LogP contribution in [0.5, 0.6) is 0 Å². The summed E-state index contributed by atoms with van der Waals surface area (Å²) in [5.41, 5.74) is 2.50. The average molecular weight is 502 g/mol. The summed E-state index contributed by atoms with van der Waals surface area (Å²) < 4.78 is 2.92. The maximum absolute atomic E-state index is 13.8. The average Bonchev–Trinajstić information content (AvgIpc) is 3.19. The van der Waals surface area contributed by atoms with Crippen LogP contribution >= 0.6 is 15.9 Å². The van der Waals surface area contributed by atoms with Gasteiger partial charge in [0.1, 0.15) is 11.2 Å². The van der Waals surface area contributed by atoms with Crippen molar-refractivity contribution >= 4 is 38.6 Å². The number of hydrogen-bond acceptors (Lipinski definition) is 2. The van der Waals surface area contributed by atoms with Gasteiger partial charge in [0.25, 0.3) is 5.91 Å². The van der Waals surface area contributed by atoms with Crippen LogP contribution in [-0.2, 0) is 24.4 Å². The zero-order chi connectivity index (χ0) is 23.0. The summed E-state index contributed by atoms with van der Waals surface area (Å²) in [4.78, 5) is 29.1. The first-order valence-electron chi connectivity index (χ1n) is 10.9. The fourth-order valence-corrected chi connectivity index (χ4v) is 4.99. The molecule has 0 saturated carbocycles. The molecule has 33 heavy (non-hydrogen) atoms. The zero-order valence-electron chi connectivity index (χ0n) is 18.3. The Kier molecular flexibility index (Phi) is 5.54. The second-order valence-electron chi connectivity index (χ2n) is 8.64. The molecule has 1 N–H and O–H groups in total. The van der Waals surface area contributed by atoms with E-state index in [0.29, 0.717) is 25.3 Å². The predicted octanol–water partition coefficient (Wildman–Crippen LogP) is 5.13. The summed E-state index contributed by atoms with van der Waals surface area (Å²) in [5.74, 6) is -0.312. The lowest BCUT2D eigenvalue weighted by molar-refractivity contribution is -0.133. The second-order valence-corrected chi connectivity index (χ2v) is 9.55. The lowest BCUT2D eigenvalue weighted by atomic mass is 9.93. The Morgan fingerprint density at radius 1 is 0.970 bits per heavy atom. The number of halogens is 1. The number of benzene rings is 3. The molecule has 0 radical (unpaired) electrons. The third-order valence-corrected chi connectivity index (χ3v) is 6.84. The molecule has 5 rings (SSSR count). The van der Waals surface area contributed by atoms with Crippen molar-refractivity contribution in [3.63, 3.8) is 0 Å². The van der Waals surface area contributed by atoms with E-state index in [4.69, 9.17) is 0 Å². The molecule has 1 aliphatic rings. The highest BCUT2D eigenvalue weighted by atomic mass is 79.9. The highest BCUT2D eigenvalue weighted by Gasteiger charge is 2.47. The second kappa shape index (κ2) is 8.52. The fraction of sp³-hybridized carbons (Fsp3) is 0.185. The van der Waals surface area contributed by atoms with E-state index in [0.717, 1.165) is 26.5 Å². The number of hydrogen-bond donors (Lipinski definition) is 1. The maximum atomic E-state index is 13.8. The van der Waals surface area contributed by atoms with E-state index in [-0.39, 0.29) is 11.8 Å². The van der Waals surface area contributed by atoms with E-state index in [1.54, 1.807) is 4.90 Å². The molecule has 0 spiro atoms. The number of fused-ring (bicyclic) bond motifs is 3. The zero-order valence-corrected chi connectivity index (χ0v) is 19.9. The van der Waals surface area contributed by atoms with Crippen LogP contribution in [0, 0.1) is 0 Å². The molecule has 1 unspecified atom stereocenters. The van der Waals surface area contributed by atoms with Crippen LogP contribution in [0.1, 0.15) is 28.5 Å². The predicted molar refractivity (Wildman–Crippen MR) is 133 cm³/mol. The van der Waals surface area contributed by atoms with Crippen LogP contribution in [-0.4, -0.2) is 26.8 Å². The maximum Gasteiger partial charge on any atom is 0.271 e. The Morgan fingerprint density at radius 2 is 1.70 bits per heavy atom. The minimum Gasteiger partial charge on any atom is -0.350 e. The first-order valence-corrected chi connectivity index (χ1v) is 11.7. The summed E-state index contributed by atoms with van der Waals surface area (Å²) in [6.07, 6.45) is 0. The quantitative estimate of drug-likeness (QED) is 0.411. The summed E-state index contributed by atoms with van der Waals surface area (Å²) in [6, 6.07) is 27.5. The van der Waals surface area contributed by atoms with Crippen molar-refractivity contribution in [2.45, 2.75) is 32.1 Å². The van der Waals surface area contributed by atoms with Gasteiger partial charge >= 0.3 is 0 Å². The van der Waals surface area contributed by atoms with Gasteiger partial charge in [-0.15, -0.1) is 0 Å². The first kappa shape index (κ1) is 21.5. The van der Waals surface area contributed by atoms with Gasteiger partial charge in [0, 0.05) is 28.5 Å². The van der Waals surface area contributed by atoms with Crippen LogP contribution in [0.4, 0.5) is 0 Å². The number of amides is 2. The molecule has 0 aliphatic carbocycles. The molecule has 0 bridgehead atoms. The molecule has 3 aromatic carbocycles. The third-order valence-electron chi connectivity index (χ3n) is 6.35. The molecule has 2 amide bonds. The van der Waals surface area contributed by atoms with Gasteiger partial charge in [0.2, 0.25) is 5.91 Å². The molecule has 4 aromatic rings. The fourth-order valence-electron chi connectivity index (χ4n) is 4.54. The van der Waals surface area contributed by atoms with Gasteiger partial charge in [0.15, 0.2) is 0 Å². The number of nitrogens with zero attached hydrogens (tertiary/aromatic N) is 2. The van der Waals surface area contributed by atoms with E-state index in [9.17, 15) is 9.59 Å². The number of aromatic nitrogens is 1. The molecule has 1 atom stereocenters. The largest absolute Gasteiger partial charge is 0.350 e. The van der Waals surface area contributed by atoms with E-state index >= 15 is 0 Å². The molecule has 5 nitrogen and oxygen atoms in total. The normalized spacial score (nSPS) is 17.8. The van der Waals surface area contributed by atoms with Crippen molar-refractivity contribution in [1.29, 1.82) is 0 Å². The highest BCUT2D eigenvalue weighted by Crippen LogP contribution is 2.33. The Balaban J connectivity index is 1.54. The molecule has 6 heteroatoms. The van der Waals surface area contributed by atoms with Crippen molar-refractivity contribution in [2.24, 2.45) is 0 Å². The molecular formula is C27H24BrN3O2. The van der Waals surface area contributed by atoms with E-state index in [1.165, 1.54) is 0 Å². The minimum absolute atomic E-state index is 0.144. The van der Waals surface area contributed by atoms with Crippen molar-refractivity contribution in [3.05, 3.63) is 106 Å². The van der Waals surface area contributed by atoms with Crippen LogP contribution in [0.15, 0.2) is 89.4 Å². The summed E-state index contributed by atoms with van der Waals surface area (Å²) in [6.45, 7) is 3.00. The van der Waals surface area contributed by atoms with Crippen LogP contribution in [0.25, 0.3) is 10.9 Å². The van der Waals surface area contributed by atoms with E-state index in [2.05, 4.69) is 21.2 Å². The van der Waals surface area contributed by atoms with Gasteiger partial charge in [-0.05, 0) is 42.3 Å². The summed E-state index contributed by atoms with van der Waals surface area (Å²) in [7, 11) is 0. The van der Waals surface area contributed by atoms with Gasteiger partial charge in [-0.1, -0.05) is 76.6 Å². The Morgan fingerprint density at radius 3 is 2.48 bits per heavy atom. The number of carbonyl (C=O) groups excluding carboxylic acids is 2. The van der Waals surface area contributed by atoms with E-state index in [1.807, 2.05) is 96.4 Å². The summed E-state index contributed by atoms with van der Waals surface area (Å²) in [5, 5.41) is 4.07. The van der Waals surface area contributed by atoms with Crippen molar-refractivity contribution in [2.75, 3.05) is 0 Å². The molecule has 0 saturated heterocycles. The van der Waals surface area contributed by atoms with Gasteiger partial charge < -0.3 is 14.8 Å². The Hall–Kier alpha value is -3.38. The standard InChI is InChI=1S/C27H24BrN3O2/c1-27(26(33)29-16-19-8-3-2-4-9-19)18-30-23-13-6-5-11-21(23)15-24(30)25(32)31(27)17-20-10-7-12-22(28)14-20/h2-15H,16-18H2,1H3,(H,29,33). The van der Waals surface area contributed by atoms with Gasteiger partial charge in [-0.25, -0.2) is 0 Å². The van der Waals surface area contributed by atoms with Crippen molar-refractivity contribution in [1.82, 2.24) is 14.8 Å². The number of carbonyl (C=O) groups is 2. The lowest BCUT2D eigenvalue weighted by Gasteiger charge is -2.44. The van der Waals surface area contributed by atoms with Crippen LogP contribution in [0.3, 0.4) is 0 Å². The molecule has 166 valence electrons. The third kappa shape index (κ3) is 3.95. The van der Waals surface area contributed by atoms with Crippen molar-refractivity contribution in [3.8, 4) is 0 Å². The number of nitrogens with one attached hydrogen (secondary N) is 1. The number of rotatable bonds is 5. The minimum atomic E-state index is -1.05. The lowest BCUT2D eigenvalue weighted by Crippen LogP contribution is -2.63. The SMILES string of the molecule is CC1(C(=O)NCc2ccccc2)Cn2c(cc3ccccc32)C(=O)N1Cc1cccc(Br)c1. The topological polar surface area (TPSA) is 54.3 Å². The molecule has 1 aromatic heterocycles. The summed E-state index contributed by atoms with van der Waals surface area (Å²) >= 11 is 3.51. The van der Waals surface area contributed by atoms with E-state index < -0.39 is 5.54 Å². The number of para-hydroxylation sites is 1. The highest BCUT2D eigenvalue weighted by molar-refractivity contribution is 9.10. The van der Waals surface area contributed by atoms with Crippen LogP contribution in [0.2, 0.25) is 0 Å². The molecular weight excluding hydrogens is 478 g/mol.